The molecule has 1 amide bonds. The molecule has 1 saturated carbocycles. The van der Waals surface area contributed by atoms with Gasteiger partial charge in [-0.25, -0.2) is 0 Å². The van der Waals surface area contributed by atoms with Gasteiger partial charge < -0.3 is 26.2 Å². The van der Waals surface area contributed by atoms with Crippen LogP contribution in [0.25, 0.3) is 17.0 Å². The first-order valence-electron chi connectivity index (χ1n) is 14.5. The molecule has 0 aliphatic heterocycles. The molecular formula is C33H39N3O7. The molecule has 10 nitrogen and oxygen atoms in total. The van der Waals surface area contributed by atoms with Crippen molar-refractivity contribution >= 4 is 23.2 Å². The molecule has 1 fully saturated rings. The number of phenolic OH excluding ortho intramolecular Hbond substituents is 1. The summed E-state index contributed by atoms with van der Waals surface area (Å²) in [6, 6.07) is 6.22. The van der Waals surface area contributed by atoms with Crippen LogP contribution in [0.1, 0.15) is 56.7 Å². The standard InChI is InChI=1S/C33H39N3O7/c1-32(2,3)11-8-9-16-13-18(21-10-6-7-12-35-21)19-14-17-15-20-25(36(4)5)28(39)24(31(34)42)30(41)33(20,43)29(40)22(17)27(38)23(19)26(16)37/h6-7,10,12-13,17,20,25,37-38,41,43H,8-9,11,14-15H2,1-5H3,(H2,34,42)/t17-,20-,25+,33?/m0/s1. The molecule has 3 aliphatic rings. The van der Waals surface area contributed by atoms with Crippen LogP contribution in [0, 0.1) is 17.3 Å². The molecule has 1 aromatic heterocycles. The second kappa shape index (κ2) is 10.6. The van der Waals surface area contributed by atoms with Crippen LogP contribution in [0.3, 0.4) is 0 Å². The summed E-state index contributed by atoms with van der Waals surface area (Å²) in [6.07, 6.45) is 4.07. The van der Waals surface area contributed by atoms with Crippen LogP contribution >= 0.6 is 0 Å². The van der Waals surface area contributed by atoms with Gasteiger partial charge in [-0.3, -0.25) is 24.3 Å². The number of amides is 1. The summed E-state index contributed by atoms with van der Waals surface area (Å²) in [7, 11) is 3.15. The summed E-state index contributed by atoms with van der Waals surface area (Å²) < 4.78 is 0. The lowest BCUT2D eigenvalue weighted by Gasteiger charge is -2.50. The van der Waals surface area contributed by atoms with Crippen LogP contribution in [0.2, 0.25) is 0 Å². The highest BCUT2D eigenvalue weighted by Gasteiger charge is 2.64. The highest BCUT2D eigenvalue weighted by atomic mass is 16.3. The zero-order valence-corrected chi connectivity index (χ0v) is 25.1. The Hall–Kier alpha value is -4.02. The lowest BCUT2D eigenvalue weighted by Crippen LogP contribution is -2.65. The molecule has 0 spiro atoms. The Bertz CT molecular complexity index is 1590. The number of benzene rings is 1. The summed E-state index contributed by atoms with van der Waals surface area (Å²) in [5.74, 6) is -6.60. The highest BCUT2D eigenvalue weighted by Crippen LogP contribution is 2.54. The maximum absolute atomic E-state index is 14.2. The topological polar surface area (TPSA) is 174 Å². The van der Waals surface area contributed by atoms with Crippen molar-refractivity contribution in [3.05, 3.63) is 64.1 Å². The minimum absolute atomic E-state index is 0.0293. The SMILES string of the molecule is CN(C)[C@H]1C(=O)C(C(N)=O)=C(O)C2(O)C(=O)C3=C(O)c4c(O)c(CCCC(C)(C)C)cc(-c5ccccn5)c4C[C@H]3C[C@@H]12. The number of rotatable bonds is 6. The van der Waals surface area contributed by atoms with Gasteiger partial charge >= 0.3 is 0 Å². The number of Topliss-reactive ketones (excluding diaryl/α,β-unsaturated/α-hetero) is 2. The van der Waals surface area contributed by atoms with E-state index in [-0.39, 0.29) is 35.1 Å². The van der Waals surface area contributed by atoms with Crippen LogP contribution in [0.4, 0.5) is 0 Å². The van der Waals surface area contributed by atoms with Crippen LogP contribution in [-0.2, 0) is 27.2 Å². The molecule has 1 heterocycles. The van der Waals surface area contributed by atoms with Crippen molar-refractivity contribution in [1.29, 1.82) is 0 Å². The summed E-state index contributed by atoms with van der Waals surface area (Å²) in [5.41, 5.74) is 4.44. The van der Waals surface area contributed by atoms with E-state index >= 15 is 0 Å². The van der Waals surface area contributed by atoms with Gasteiger partial charge in [0.05, 0.1) is 17.3 Å². The molecule has 1 aromatic carbocycles. The van der Waals surface area contributed by atoms with E-state index in [1.54, 1.807) is 26.4 Å². The van der Waals surface area contributed by atoms with Crippen LogP contribution in [-0.4, -0.2) is 73.5 Å². The molecule has 1 unspecified atom stereocenters. The van der Waals surface area contributed by atoms with Gasteiger partial charge in [0, 0.05) is 23.3 Å². The van der Waals surface area contributed by atoms with Gasteiger partial charge in [-0.15, -0.1) is 0 Å². The van der Waals surface area contributed by atoms with E-state index in [4.69, 9.17) is 5.73 Å². The fraction of sp³-hybridized carbons (Fsp3) is 0.455. The zero-order valence-electron chi connectivity index (χ0n) is 25.1. The number of phenols is 1. The molecule has 228 valence electrons. The van der Waals surface area contributed by atoms with E-state index in [0.717, 1.165) is 12.8 Å². The van der Waals surface area contributed by atoms with E-state index in [9.17, 15) is 34.8 Å². The molecule has 0 radical (unpaired) electrons. The summed E-state index contributed by atoms with van der Waals surface area (Å²) in [4.78, 5) is 45.8. The number of aliphatic hydroxyl groups is 3. The first kappa shape index (κ1) is 30.4. The Morgan fingerprint density at radius 1 is 1.16 bits per heavy atom. The number of nitrogens with zero attached hydrogens (tertiary/aromatic N) is 2. The monoisotopic (exact) mass is 589 g/mol. The van der Waals surface area contributed by atoms with Gasteiger partial charge in [0.25, 0.3) is 5.91 Å². The Balaban J connectivity index is 1.72. The molecule has 5 rings (SSSR count). The first-order chi connectivity index (χ1) is 20.1. The number of likely N-dealkylation sites (N-methyl/N-ethyl adjacent to an activating group) is 1. The van der Waals surface area contributed by atoms with E-state index in [0.29, 0.717) is 28.8 Å². The predicted molar refractivity (Wildman–Crippen MR) is 160 cm³/mol. The molecule has 2 aromatic rings. The van der Waals surface area contributed by atoms with Crippen LogP contribution in [0.5, 0.6) is 5.75 Å². The average molecular weight is 590 g/mol. The van der Waals surface area contributed by atoms with Gasteiger partial charge in [0.2, 0.25) is 5.78 Å². The number of aromatic nitrogens is 1. The largest absolute Gasteiger partial charge is 0.508 e. The minimum Gasteiger partial charge on any atom is -0.508 e. The van der Waals surface area contributed by atoms with E-state index in [2.05, 4.69) is 25.8 Å². The first-order valence-corrected chi connectivity index (χ1v) is 14.5. The van der Waals surface area contributed by atoms with Gasteiger partial charge in [-0.05, 0) is 86.9 Å². The van der Waals surface area contributed by atoms with Crippen LogP contribution < -0.4 is 5.73 Å². The lowest BCUT2D eigenvalue weighted by atomic mass is 9.57. The summed E-state index contributed by atoms with van der Waals surface area (Å²) in [6.45, 7) is 6.40. The maximum atomic E-state index is 14.2. The normalized spacial score (nSPS) is 25.5. The average Bonchev–Trinajstić information content (AvgIpc) is 2.91. The zero-order chi connectivity index (χ0) is 31.6. The quantitative estimate of drug-likeness (QED) is 0.316. The Labute approximate surface area is 250 Å². The fourth-order valence-electron chi connectivity index (χ4n) is 7.12. The fourth-order valence-corrected chi connectivity index (χ4v) is 7.12. The molecule has 6 N–H and O–H groups in total. The van der Waals surface area contributed by atoms with Crippen molar-refractivity contribution in [1.82, 2.24) is 9.88 Å². The number of carbonyl (C=O) groups excluding carboxylic acids is 3. The van der Waals surface area contributed by atoms with E-state index < -0.39 is 58.0 Å². The molecule has 43 heavy (non-hydrogen) atoms. The second-order valence-electron chi connectivity index (χ2n) is 13.4. The van der Waals surface area contributed by atoms with Crippen molar-refractivity contribution in [3.63, 3.8) is 0 Å². The number of aryl methyl sites for hydroxylation is 1. The number of carbonyl (C=O) groups is 3. The molecule has 0 saturated heterocycles. The van der Waals surface area contributed by atoms with Crippen molar-refractivity contribution < 1.29 is 34.8 Å². The molecule has 10 heteroatoms. The van der Waals surface area contributed by atoms with Gasteiger partial charge in [-0.2, -0.15) is 0 Å². The number of fused-ring (bicyclic) bond motifs is 3. The molecule has 0 bridgehead atoms. The molecule has 4 atom stereocenters. The van der Waals surface area contributed by atoms with Crippen molar-refractivity contribution in [3.8, 4) is 17.0 Å². The third-order valence-electron chi connectivity index (χ3n) is 9.11. The smallest absolute Gasteiger partial charge is 0.255 e. The Morgan fingerprint density at radius 3 is 2.44 bits per heavy atom. The maximum Gasteiger partial charge on any atom is 0.255 e. The number of aliphatic hydroxyl groups excluding tert-OH is 2. The third kappa shape index (κ3) is 4.82. The number of nitrogens with two attached hydrogens (primary N) is 1. The summed E-state index contributed by atoms with van der Waals surface area (Å²) >= 11 is 0. The van der Waals surface area contributed by atoms with Gasteiger partial charge in [0.1, 0.15) is 22.8 Å². The van der Waals surface area contributed by atoms with Crippen molar-refractivity contribution in [2.45, 2.75) is 64.5 Å². The lowest BCUT2D eigenvalue weighted by molar-refractivity contribution is -0.153. The Morgan fingerprint density at radius 2 is 1.86 bits per heavy atom. The molecule has 3 aliphatic carbocycles. The van der Waals surface area contributed by atoms with Gasteiger partial charge in [0.15, 0.2) is 11.4 Å². The highest BCUT2D eigenvalue weighted by molar-refractivity contribution is 6.24. The number of pyridine rings is 1. The van der Waals surface area contributed by atoms with E-state index in [1.807, 2.05) is 18.2 Å². The van der Waals surface area contributed by atoms with Crippen molar-refractivity contribution in [2.75, 3.05) is 14.1 Å². The minimum atomic E-state index is -2.67. The second-order valence-corrected chi connectivity index (χ2v) is 13.4. The number of ketones is 2. The number of hydrogen-bond donors (Lipinski definition) is 5. The van der Waals surface area contributed by atoms with Crippen LogP contribution in [0.15, 0.2) is 47.4 Å². The number of primary amides is 1. The predicted octanol–water partition coefficient (Wildman–Crippen LogP) is 3.39. The van der Waals surface area contributed by atoms with Gasteiger partial charge in [-0.1, -0.05) is 26.8 Å². The van der Waals surface area contributed by atoms with E-state index in [1.165, 1.54) is 4.90 Å². The molecular weight excluding hydrogens is 550 g/mol. The summed E-state index contributed by atoms with van der Waals surface area (Å²) in [5, 5.41) is 46.2. The third-order valence-corrected chi connectivity index (χ3v) is 9.11. The number of hydrogen-bond acceptors (Lipinski definition) is 9. The Kier molecular flexibility index (Phi) is 7.51. The number of aromatic hydroxyl groups is 1. The van der Waals surface area contributed by atoms with Crippen molar-refractivity contribution in [2.24, 2.45) is 23.0 Å².